The van der Waals surface area contributed by atoms with Gasteiger partial charge in [-0.05, 0) is 25.7 Å². The molecule has 0 aliphatic carbocycles. The maximum absolute atomic E-state index is 10.2. The second kappa shape index (κ2) is 8.86. The Bertz CT molecular complexity index is 489. The molecule has 3 atom stereocenters. The number of hydrogen-bond acceptors (Lipinski definition) is 3. The van der Waals surface area contributed by atoms with Gasteiger partial charge in [0.15, 0.2) is 5.96 Å². The quantitative estimate of drug-likeness (QED) is 0.432. The molecule has 132 valence electrons. The van der Waals surface area contributed by atoms with Gasteiger partial charge < -0.3 is 19.9 Å². The third-order valence-electron chi connectivity index (χ3n) is 4.73. The normalized spacial score (nSPS) is 24.7. The Morgan fingerprint density at radius 2 is 2.26 bits per heavy atom. The number of aromatic nitrogens is 2. The summed E-state index contributed by atoms with van der Waals surface area (Å²) < 4.78 is 2.19. The number of aliphatic hydroxyl groups is 1. The molecule has 2 N–H and O–H groups in total. The first-order chi connectivity index (χ1) is 10.5. The van der Waals surface area contributed by atoms with Crippen LogP contribution in [0.4, 0.5) is 0 Å². The standard InChI is InChI=1S/C16H29N5O.HI/c1-5-16(3,22)11-19-15(17-4)20-8-6-13(2)14(10-20)21-9-7-18-12-21;/h7,9,12-14,22H,5-6,8,10-11H2,1-4H3,(H,17,19);1H. The molecule has 2 heterocycles. The van der Waals surface area contributed by atoms with E-state index in [2.05, 4.69) is 31.7 Å². The van der Waals surface area contributed by atoms with Crippen LogP contribution < -0.4 is 5.32 Å². The van der Waals surface area contributed by atoms with Crippen molar-refractivity contribution in [3.63, 3.8) is 0 Å². The van der Waals surface area contributed by atoms with Crippen LogP contribution in [-0.4, -0.2) is 57.8 Å². The molecule has 1 aliphatic rings. The van der Waals surface area contributed by atoms with Gasteiger partial charge in [0.05, 0.1) is 18.0 Å². The minimum Gasteiger partial charge on any atom is -0.388 e. The van der Waals surface area contributed by atoms with Gasteiger partial charge in [-0.3, -0.25) is 4.99 Å². The van der Waals surface area contributed by atoms with Crippen molar-refractivity contribution in [2.75, 3.05) is 26.7 Å². The monoisotopic (exact) mass is 435 g/mol. The second-order valence-corrected chi connectivity index (χ2v) is 6.54. The van der Waals surface area contributed by atoms with Crippen molar-refractivity contribution in [3.8, 4) is 0 Å². The first-order valence-corrected chi connectivity index (χ1v) is 8.12. The van der Waals surface area contributed by atoms with Crippen molar-refractivity contribution in [2.24, 2.45) is 10.9 Å². The van der Waals surface area contributed by atoms with E-state index in [1.54, 1.807) is 7.05 Å². The highest BCUT2D eigenvalue weighted by Crippen LogP contribution is 2.27. The van der Waals surface area contributed by atoms with Crippen molar-refractivity contribution in [3.05, 3.63) is 18.7 Å². The number of nitrogens with one attached hydrogen (secondary N) is 1. The Kier molecular flexibility index (Phi) is 7.79. The van der Waals surface area contributed by atoms with E-state index in [1.807, 2.05) is 32.6 Å². The molecular weight excluding hydrogens is 405 g/mol. The predicted molar refractivity (Wildman–Crippen MR) is 104 cm³/mol. The lowest BCUT2D eigenvalue weighted by Crippen LogP contribution is -2.51. The van der Waals surface area contributed by atoms with Crippen LogP contribution in [0, 0.1) is 5.92 Å². The van der Waals surface area contributed by atoms with Crippen LogP contribution in [0.3, 0.4) is 0 Å². The maximum atomic E-state index is 10.2. The van der Waals surface area contributed by atoms with Crippen LogP contribution in [0.15, 0.2) is 23.7 Å². The summed E-state index contributed by atoms with van der Waals surface area (Å²) in [4.78, 5) is 10.8. The Morgan fingerprint density at radius 1 is 1.52 bits per heavy atom. The largest absolute Gasteiger partial charge is 0.388 e. The Balaban J connectivity index is 0.00000264. The highest BCUT2D eigenvalue weighted by Gasteiger charge is 2.29. The Labute approximate surface area is 156 Å². The lowest BCUT2D eigenvalue weighted by molar-refractivity contribution is 0.0591. The Hall–Kier alpha value is -0.830. The smallest absolute Gasteiger partial charge is 0.193 e. The molecule has 0 bridgehead atoms. The maximum Gasteiger partial charge on any atom is 0.193 e. The van der Waals surface area contributed by atoms with Gasteiger partial charge in [-0.15, -0.1) is 24.0 Å². The van der Waals surface area contributed by atoms with Gasteiger partial charge in [0, 0.05) is 39.1 Å². The fourth-order valence-electron chi connectivity index (χ4n) is 2.82. The van der Waals surface area contributed by atoms with Crippen molar-refractivity contribution >= 4 is 29.9 Å². The summed E-state index contributed by atoms with van der Waals surface area (Å²) in [5.41, 5.74) is -0.706. The number of likely N-dealkylation sites (tertiary alicyclic amines) is 1. The highest BCUT2D eigenvalue weighted by molar-refractivity contribution is 14.0. The van der Waals surface area contributed by atoms with Crippen molar-refractivity contribution in [2.45, 2.75) is 45.3 Å². The number of nitrogens with zero attached hydrogens (tertiary/aromatic N) is 4. The zero-order chi connectivity index (χ0) is 16.2. The van der Waals surface area contributed by atoms with Crippen molar-refractivity contribution < 1.29 is 5.11 Å². The van der Waals surface area contributed by atoms with E-state index in [0.717, 1.165) is 25.5 Å². The van der Waals surface area contributed by atoms with Gasteiger partial charge >= 0.3 is 0 Å². The Morgan fingerprint density at radius 3 is 2.83 bits per heavy atom. The molecule has 1 aromatic rings. The minimum absolute atomic E-state index is 0. The summed E-state index contributed by atoms with van der Waals surface area (Å²) in [6.45, 7) is 8.53. The topological polar surface area (TPSA) is 65.7 Å². The number of rotatable bonds is 4. The molecule has 0 amide bonds. The molecule has 0 radical (unpaired) electrons. The van der Waals surface area contributed by atoms with E-state index >= 15 is 0 Å². The number of guanidine groups is 1. The summed E-state index contributed by atoms with van der Waals surface area (Å²) in [5.74, 6) is 1.48. The van der Waals surface area contributed by atoms with Crippen LogP contribution in [0.2, 0.25) is 0 Å². The average molecular weight is 435 g/mol. The van der Waals surface area contributed by atoms with Crippen molar-refractivity contribution in [1.29, 1.82) is 0 Å². The molecule has 3 unspecified atom stereocenters. The molecule has 1 aliphatic heterocycles. The van der Waals surface area contributed by atoms with Crippen LogP contribution in [0.5, 0.6) is 0 Å². The number of imidazole rings is 1. The number of piperidine rings is 1. The molecule has 1 fully saturated rings. The zero-order valence-electron chi connectivity index (χ0n) is 14.6. The van der Waals surface area contributed by atoms with Crippen LogP contribution in [-0.2, 0) is 0 Å². The highest BCUT2D eigenvalue weighted by atomic mass is 127. The SMILES string of the molecule is CCC(C)(O)CNC(=NC)N1CCC(C)C(n2ccnc2)C1.I. The summed E-state index contributed by atoms with van der Waals surface area (Å²) in [6.07, 6.45) is 7.59. The van der Waals surface area contributed by atoms with Gasteiger partial charge in [0.1, 0.15) is 0 Å². The number of hydrogen-bond donors (Lipinski definition) is 2. The first kappa shape index (κ1) is 20.2. The minimum atomic E-state index is -0.706. The first-order valence-electron chi connectivity index (χ1n) is 8.12. The number of halogens is 1. The lowest BCUT2D eigenvalue weighted by Gasteiger charge is -2.39. The van der Waals surface area contributed by atoms with E-state index in [4.69, 9.17) is 0 Å². The molecule has 23 heavy (non-hydrogen) atoms. The summed E-state index contributed by atoms with van der Waals surface area (Å²) in [7, 11) is 1.80. The molecule has 6 nitrogen and oxygen atoms in total. The van der Waals surface area contributed by atoms with Crippen LogP contribution in [0.25, 0.3) is 0 Å². The van der Waals surface area contributed by atoms with E-state index in [0.29, 0.717) is 24.9 Å². The van der Waals surface area contributed by atoms with Crippen LogP contribution >= 0.6 is 24.0 Å². The zero-order valence-corrected chi connectivity index (χ0v) is 16.9. The molecule has 7 heteroatoms. The molecule has 0 aromatic carbocycles. The lowest BCUT2D eigenvalue weighted by atomic mass is 9.93. The molecule has 1 aromatic heterocycles. The predicted octanol–water partition coefficient (Wildman–Crippen LogP) is 2.12. The number of aliphatic imine (C=N–C) groups is 1. The van der Waals surface area contributed by atoms with Gasteiger partial charge in [-0.2, -0.15) is 0 Å². The summed E-state index contributed by atoms with van der Waals surface area (Å²) in [6, 6.07) is 0.404. The van der Waals surface area contributed by atoms with Crippen LogP contribution in [0.1, 0.15) is 39.7 Å². The average Bonchev–Trinajstić information content (AvgIpc) is 3.03. The third-order valence-corrected chi connectivity index (χ3v) is 4.73. The molecule has 0 spiro atoms. The summed E-state index contributed by atoms with van der Waals surface area (Å²) >= 11 is 0. The fraction of sp³-hybridized carbons (Fsp3) is 0.750. The fourth-order valence-corrected chi connectivity index (χ4v) is 2.82. The van der Waals surface area contributed by atoms with E-state index in [-0.39, 0.29) is 24.0 Å². The van der Waals surface area contributed by atoms with Gasteiger partial charge in [0.2, 0.25) is 0 Å². The van der Waals surface area contributed by atoms with Crippen molar-refractivity contribution in [1.82, 2.24) is 19.8 Å². The third kappa shape index (κ3) is 5.34. The molecule has 1 saturated heterocycles. The van der Waals surface area contributed by atoms with E-state index in [1.165, 1.54) is 0 Å². The molecular formula is C16H30IN5O. The van der Waals surface area contributed by atoms with Gasteiger partial charge in [-0.25, -0.2) is 4.98 Å². The van der Waals surface area contributed by atoms with Gasteiger partial charge in [0.25, 0.3) is 0 Å². The van der Waals surface area contributed by atoms with E-state index < -0.39 is 5.60 Å². The van der Waals surface area contributed by atoms with E-state index in [9.17, 15) is 5.11 Å². The molecule has 0 saturated carbocycles. The summed E-state index contributed by atoms with van der Waals surface area (Å²) in [5, 5.41) is 13.5. The molecule has 2 rings (SSSR count). The van der Waals surface area contributed by atoms with Gasteiger partial charge in [-0.1, -0.05) is 13.8 Å². The second-order valence-electron chi connectivity index (χ2n) is 6.54.